The highest BCUT2D eigenvalue weighted by molar-refractivity contribution is 7.92. The number of likely N-dealkylation sites (tertiary alicyclic amines) is 2. The van der Waals surface area contributed by atoms with Gasteiger partial charge in [0.05, 0.1) is 26.4 Å². The number of rotatable bonds is 7. The molecule has 7 nitrogen and oxygen atoms in total. The number of carbonyl (C=O) groups excluding carboxylic acids is 1. The molecule has 3 heterocycles. The van der Waals surface area contributed by atoms with Crippen LogP contribution in [0.4, 0.5) is 10.1 Å². The Hall–Kier alpha value is -3.14. The molecule has 3 aromatic rings. The molecule has 0 saturated carbocycles. The van der Waals surface area contributed by atoms with E-state index in [0.29, 0.717) is 31.6 Å². The molecular weight excluding hydrogens is 577 g/mol. The third kappa shape index (κ3) is 5.74. The molecule has 3 aliphatic heterocycles. The minimum absolute atomic E-state index is 0.0305. The molecule has 0 unspecified atom stereocenters. The number of aromatic hydroxyl groups is 1. The maximum absolute atomic E-state index is 13.7. The second-order valence-electron chi connectivity index (χ2n) is 11.6. The van der Waals surface area contributed by atoms with Crippen molar-refractivity contribution >= 4 is 33.0 Å². The summed E-state index contributed by atoms with van der Waals surface area (Å²) in [6.07, 6.45) is 3.71. The molecule has 2 bridgehead atoms. The maximum Gasteiger partial charge on any atom is 0.255 e. The molecule has 0 radical (unpaired) electrons. The van der Waals surface area contributed by atoms with E-state index in [1.807, 2.05) is 18.2 Å². The van der Waals surface area contributed by atoms with Crippen LogP contribution in [0, 0.1) is 5.82 Å². The Labute approximate surface area is 251 Å². The van der Waals surface area contributed by atoms with Crippen molar-refractivity contribution in [1.29, 1.82) is 0 Å². The van der Waals surface area contributed by atoms with Crippen LogP contribution in [-0.2, 0) is 16.3 Å². The monoisotopic (exact) mass is 611 g/mol. The normalized spacial score (nSPS) is 21.6. The number of phenolic OH excluding ortho intramolecular Hbond substituents is 1. The molecule has 0 aliphatic carbocycles. The summed E-state index contributed by atoms with van der Waals surface area (Å²) in [5.41, 5.74) is 2.03. The van der Waals surface area contributed by atoms with Gasteiger partial charge in [-0.25, -0.2) is 12.8 Å². The molecule has 222 valence electrons. The van der Waals surface area contributed by atoms with Crippen LogP contribution in [0.5, 0.6) is 5.75 Å². The Morgan fingerprint density at radius 2 is 1.62 bits per heavy atom. The van der Waals surface area contributed by atoms with E-state index in [2.05, 4.69) is 21.9 Å². The number of fused-ring (bicyclic) bond motifs is 2. The maximum atomic E-state index is 13.7. The quantitative estimate of drug-likeness (QED) is 0.398. The first-order valence-corrected chi connectivity index (χ1v) is 16.5. The third-order valence-electron chi connectivity index (χ3n) is 9.02. The van der Waals surface area contributed by atoms with Gasteiger partial charge in [-0.2, -0.15) is 0 Å². The number of carbonyl (C=O) groups is 1. The Kier molecular flexibility index (Phi) is 8.18. The van der Waals surface area contributed by atoms with Crippen molar-refractivity contribution < 1.29 is 22.7 Å². The van der Waals surface area contributed by atoms with E-state index in [1.54, 1.807) is 11.0 Å². The summed E-state index contributed by atoms with van der Waals surface area (Å²) in [5.74, 6) is -0.726. The van der Waals surface area contributed by atoms with Crippen LogP contribution in [0.15, 0.2) is 71.6 Å². The van der Waals surface area contributed by atoms with E-state index in [1.165, 1.54) is 29.8 Å². The Bertz CT molecular complexity index is 1550. The number of sulfone groups is 1. The number of nitrogens with zero attached hydrogens (tertiary/aromatic N) is 3. The van der Waals surface area contributed by atoms with Gasteiger partial charge in [-0.05, 0) is 87.2 Å². The molecule has 0 aromatic heterocycles. The number of phenols is 1. The largest absolute Gasteiger partial charge is 0.506 e. The van der Waals surface area contributed by atoms with Gasteiger partial charge in [-0.3, -0.25) is 4.79 Å². The van der Waals surface area contributed by atoms with Crippen LogP contribution in [0.2, 0.25) is 5.02 Å². The average molecular weight is 612 g/mol. The number of piperidine rings is 1. The first-order chi connectivity index (χ1) is 20.2. The van der Waals surface area contributed by atoms with Gasteiger partial charge in [0.15, 0.2) is 9.84 Å². The van der Waals surface area contributed by atoms with Gasteiger partial charge in [0.25, 0.3) is 5.91 Å². The lowest BCUT2D eigenvalue weighted by Gasteiger charge is -2.43. The fourth-order valence-electron chi connectivity index (χ4n) is 6.75. The molecule has 1 N–H and O–H groups in total. The van der Waals surface area contributed by atoms with E-state index in [4.69, 9.17) is 11.6 Å². The highest BCUT2D eigenvalue weighted by Gasteiger charge is 2.43. The zero-order valence-electron chi connectivity index (χ0n) is 23.3. The SMILES string of the molecule is O=C(c1ccc(F)cc1Cl)N1C[C@H]2CC[C@@H](C1)N2c1cc(S(=O)(=O)C2CCN(CCc3ccccc3)CC2)ccc1O. The zero-order valence-corrected chi connectivity index (χ0v) is 24.9. The van der Waals surface area contributed by atoms with Crippen LogP contribution < -0.4 is 4.90 Å². The van der Waals surface area contributed by atoms with Gasteiger partial charge in [0.1, 0.15) is 11.6 Å². The predicted molar refractivity (Wildman–Crippen MR) is 162 cm³/mol. The van der Waals surface area contributed by atoms with Crippen molar-refractivity contribution in [3.63, 3.8) is 0 Å². The van der Waals surface area contributed by atoms with Crippen molar-refractivity contribution in [2.24, 2.45) is 0 Å². The molecule has 10 heteroatoms. The van der Waals surface area contributed by atoms with Gasteiger partial charge in [0, 0.05) is 31.7 Å². The average Bonchev–Trinajstić information content (AvgIpc) is 3.24. The molecule has 3 aliphatic rings. The highest BCUT2D eigenvalue weighted by atomic mass is 35.5. The van der Waals surface area contributed by atoms with Crippen molar-refractivity contribution in [2.45, 2.75) is 54.3 Å². The molecular formula is C32H35ClFN3O4S. The van der Waals surface area contributed by atoms with E-state index < -0.39 is 20.9 Å². The Morgan fingerprint density at radius 3 is 2.29 bits per heavy atom. The predicted octanol–water partition coefficient (Wildman–Crippen LogP) is 5.16. The summed E-state index contributed by atoms with van der Waals surface area (Å²) < 4.78 is 41.0. The summed E-state index contributed by atoms with van der Waals surface area (Å²) in [7, 11) is -3.59. The van der Waals surface area contributed by atoms with E-state index in [0.717, 1.165) is 45.0 Å². The van der Waals surface area contributed by atoms with Crippen molar-refractivity contribution in [3.05, 3.63) is 88.7 Å². The van der Waals surface area contributed by atoms with Crippen molar-refractivity contribution in [3.8, 4) is 5.75 Å². The first kappa shape index (κ1) is 29.0. The molecule has 1 amide bonds. The fourth-order valence-corrected chi connectivity index (χ4v) is 8.75. The summed E-state index contributed by atoms with van der Waals surface area (Å²) in [6, 6.07) is 18.5. The summed E-state index contributed by atoms with van der Waals surface area (Å²) in [5, 5.41) is 10.5. The minimum atomic E-state index is -3.59. The van der Waals surface area contributed by atoms with Crippen LogP contribution >= 0.6 is 11.6 Å². The van der Waals surface area contributed by atoms with Gasteiger partial charge >= 0.3 is 0 Å². The fraction of sp³-hybridized carbons (Fsp3) is 0.406. The molecule has 2 atom stereocenters. The molecule has 6 rings (SSSR count). The zero-order chi connectivity index (χ0) is 29.4. The van der Waals surface area contributed by atoms with Gasteiger partial charge in [-0.1, -0.05) is 41.9 Å². The molecule has 3 fully saturated rings. The van der Waals surface area contributed by atoms with Crippen LogP contribution in [0.1, 0.15) is 41.6 Å². The molecule has 0 spiro atoms. The first-order valence-electron chi connectivity index (χ1n) is 14.6. The topological polar surface area (TPSA) is 81.2 Å². The Morgan fingerprint density at radius 1 is 0.929 bits per heavy atom. The minimum Gasteiger partial charge on any atom is -0.506 e. The van der Waals surface area contributed by atoms with E-state index in [9.17, 15) is 22.7 Å². The highest BCUT2D eigenvalue weighted by Crippen LogP contribution is 2.41. The number of halogens is 2. The van der Waals surface area contributed by atoms with Crippen molar-refractivity contribution in [1.82, 2.24) is 9.80 Å². The van der Waals surface area contributed by atoms with Crippen LogP contribution in [0.3, 0.4) is 0 Å². The summed E-state index contributed by atoms with van der Waals surface area (Å²) in [6.45, 7) is 3.19. The number of benzene rings is 3. The van der Waals surface area contributed by atoms with Crippen LogP contribution in [-0.4, -0.2) is 79.3 Å². The standard InChI is InChI=1S/C32H35ClFN3O4S/c33-29-18-23(34)6-10-28(29)32(39)36-20-24-7-8-25(21-36)37(24)30-19-27(9-11-31(30)38)42(40,41)26-13-16-35(17-14-26)15-12-22-4-2-1-3-5-22/h1-6,9-11,18-19,24-26,38H,7-8,12-17,20-21H2/t24-,25+. The van der Waals surface area contributed by atoms with Crippen LogP contribution in [0.25, 0.3) is 0 Å². The number of hydrogen-bond acceptors (Lipinski definition) is 6. The van der Waals surface area contributed by atoms with E-state index >= 15 is 0 Å². The second kappa shape index (κ2) is 11.9. The van der Waals surface area contributed by atoms with Gasteiger partial charge in [0.2, 0.25) is 0 Å². The summed E-state index contributed by atoms with van der Waals surface area (Å²) in [4.78, 5) is 19.6. The lowest BCUT2D eigenvalue weighted by molar-refractivity contribution is 0.0718. The molecule has 3 aromatic carbocycles. The second-order valence-corrected chi connectivity index (χ2v) is 14.2. The number of hydrogen-bond donors (Lipinski definition) is 1. The number of anilines is 1. The smallest absolute Gasteiger partial charge is 0.255 e. The van der Waals surface area contributed by atoms with E-state index in [-0.39, 0.29) is 39.2 Å². The number of amides is 1. The number of piperazine rings is 1. The lowest BCUT2D eigenvalue weighted by atomic mass is 10.1. The van der Waals surface area contributed by atoms with Gasteiger partial charge in [-0.15, -0.1) is 0 Å². The third-order valence-corrected chi connectivity index (χ3v) is 11.6. The lowest BCUT2D eigenvalue weighted by Crippen LogP contribution is -2.55. The van der Waals surface area contributed by atoms with Crippen molar-refractivity contribution in [2.75, 3.05) is 37.6 Å². The Balaban J connectivity index is 1.13. The summed E-state index contributed by atoms with van der Waals surface area (Å²) >= 11 is 6.16. The molecule has 42 heavy (non-hydrogen) atoms. The molecule has 3 saturated heterocycles. The van der Waals surface area contributed by atoms with Gasteiger partial charge < -0.3 is 19.8 Å².